The minimum Gasteiger partial charge on any atom is -0.380 e. The summed E-state index contributed by atoms with van der Waals surface area (Å²) in [6.45, 7) is 10.5. The molecule has 112 valence electrons. The van der Waals surface area contributed by atoms with Gasteiger partial charge in [-0.15, -0.1) is 11.3 Å². The topological polar surface area (TPSA) is 24.5 Å². The Bertz CT molecular complexity index is 453. The van der Waals surface area contributed by atoms with Crippen LogP contribution >= 0.6 is 11.3 Å². The normalized spacial score (nSPS) is 16.4. The monoisotopic (exact) mass is 294 g/mol. The highest BCUT2D eigenvalue weighted by Crippen LogP contribution is 2.24. The second kappa shape index (κ2) is 7.93. The van der Waals surface area contributed by atoms with E-state index in [1.807, 2.05) is 11.3 Å². The second-order valence-electron chi connectivity index (χ2n) is 5.35. The summed E-state index contributed by atoms with van der Waals surface area (Å²) < 4.78 is 5.20. The summed E-state index contributed by atoms with van der Waals surface area (Å²) in [5.41, 5.74) is 2.94. The molecule has 1 aromatic heterocycles. The Kier molecular flexibility index (Phi) is 6.23. The van der Waals surface area contributed by atoms with E-state index in [0.29, 0.717) is 0 Å². The number of aryl methyl sites for hydroxylation is 1. The molecular weight excluding hydrogens is 268 g/mol. The van der Waals surface area contributed by atoms with Crippen LogP contribution in [0.25, 0.3) is 0 Å². The number of ether oxygens (including phenoxy) is 1. The molecule has 0 amide bonds. The molecule has 0 saturated carbocycles. The number of nitrogens with zero attached hydrogens (tertiary/aromatic N) is 1. The predicted octanol–water partition coefficient (Wildman–Crippen LogP) is 2.94. The van der Waals surface area contributed by atoms with Gasteiger partial charge in [0.15, 0.2) is 0 Å². The van der Waals surface area contributed by atoms with Gasteiger partial charge in [-0.1, -0.05) is 13.0 Å². The van der Waals surface area contributed by atoms with Crippen molar-refractivity contribution in [2.24, 2.45) is 0 Å². The van der Waals surface area contributed by atoms with Crippen LogP contribution in [-0.4, -0.2) is 38.3 Å². The molecule has 1 N–H and O–H groups in total. The van der Waals surface area contributed by atoms with E-state index >= 15 is 0 Å². The number of rotatable bonds is 7. The summed E-state index contributed by atoms with van der Waals surface area (Å²) in [5, 5.41) is 3.40. The van der Waals surface area contributed by atoms with Crippen molar-refractivity contribution in [1.29, 1.82) is 0 Å². The third kappa shape index (κ3) is 4.42. The lowest BCUT2D eigenvalue weighted by molar-refractivity contribution is 0.210. The Morgan fingerprint density at radius 3 is 2.95 bits per heavy atom. The maximum atomic E-state index is 5.20. The Labute approximate surface area is 126 Å². The molecule has 2 heterocycles. The van der Waals surface area contributed by atoms with Crippen molar-refractivity contribution < 1.29 is 4.74 Å². The van der Waals surface area contributed by atoms with E-state index in [9.17, 15) is 0 Å². The minimum absolute atomic E-state index is 0.790. The largest absolute Gasteiger partial charge is 0.380 e. The minimum atomic E-state index is 0.790. The van der Waals surface area contributed by atoms with Gasteiger partial charge in [0, 0.05) is 43.0 Å². The van der Waals surface area contributed by atoms with Crippen LogP contribution in [0.1, 0.15) is 28.7 Å². The molecule has 20 heavy (non-hydrogen) atoms. The molecule has 0 radical (unpaired) electrons. The summed E-state index contributed by atoms with van der Waals surface area (Å²) in [4.78, 5) is 5.43. The van der Waals surface area contributed by atoms with E-state index < -0.39 is 0 Å². The van der Waals surface area contributed by atoms with Crippen LogP contribution in [0.4, 0.5) is 0 Å². The Balaban J connectivity index is 1.89. The van der Waals surface area contributed by atoms with E-state index in [1.165, 1.54) is 20.9 Å². The average Bonchev–Trinajstić information content (AvgIpc) is 2.79. The van der Waals surface area contributed by atoms with Crippen molar-refractivity contribution >= 4 is 11.3 Å². The van der Waals surface area contributed by atoms with Gasteiger partial charge in [-0.05, 0) is 37.1 Å². The lowest BCUT2D eigenvalue weighted by Gasteiger charge is -2.26. The highest BCUT2D eigenvalue weighted by Gasteiger charge is 2.14. The van der Waals surface area contributed by atoms with Gasteiger partial charge in [0.25, 0.3) is 0 Å². The Hall–Kier alpha value is -0.680. The predicted molar refractivity (Wildman–Crippen MR) is 86.3 cm³/mol. The summed E-state index contributed by atoms with van der Waals surface area (Å²) in [7, 11) is 1.77. The third-order valence-corrected chi connectivity index (χ3v) is 4.82. The van der Waals surface area contributed by atoms with E-state index in [2.05, 4.69) is 36.2 Å². The molecule has 4 heteroatoms. The van der Waals surface area contributed by atoms with E-state index in [4.69, 9.17) is 4.74 Å². The standard InChI is InChI=1S/C16H26N2OS/c1-4-17-10-16-9-15(13(2)20-16)11-18-7-5-14(6-8-18)12-19-3/h5,9,17H,4,6-8,10-12H2,1-3H3. The molecule has 0 fully saturated rings. The number of nitrogens with one attached hydrogen (secondary N) is 1. The first kappa shape index (κ1) is 15.7. The zero-order valence-electron chi connectivity index (χ0n) is 12.9. The van der Waals surface area contributed by atoms with E-state index in [1.54, 1.807) is 7.11 Å². The van der Waals surface area contributed by atoms with Gasteiger partial charge >= 0.3 is 0 Å². The SMILES string of the molecule is CCNCc1cc(CN2CC=C(COC)CC2)c(C)s1. The Morgan fingerprint density at radius 1 is 1.45 bits per heavy atom. The highest BCUT2D eigenvalue weighted by molar-refractivity contribution is 7.12. The summed E-state index contributed by atoms with van der Waals surface area (Å²) >= 11 is 1.93. The van der Waals surface area contributed by atoms with Gasteiger partial charge in [0.05, 0.1) is 6.61 Å². The maximum Gasteiger partial charge on any atom is 0.0673 e. The number of hydrogen-bond acceptors (Lipinski definition) is 4. The van der Waals surface area contributed by atoms with Crippen molar-refractivity contribution in [1.82, 2.24) is 10.2 Å². The highest BCUT2D eigenvalue weighted by atomic mass is 32.1. The molecule has 1 aliphatic heterocycles. The van der Waals surface area contributed by atoms with E-state index in [-0.39, 0.29) is 0 Å². The lowest BCUT2D eigenvalue weighted by atomic mass is 10.1. The molecule has 0 bridgehead atoms. The summed E-state index contributed by atoms with van der Waals surface area (Å²) in [6.07, 6.45) is 3.47. The average molecular weight is 294 g/mol. The third-order valence-electron chi connectivity index (χ3n) is 3.73. The quantitative estimate of drug-likeness (QED) is 0.783. The maximum absolute atomic E-state index is 5.20. The van der Waals surface area contributed by atoms with Gasteiger partial charge in [-0.3, -0.25) is 4.90 Å². The van der Waals surface area contributed by atoms with Gasteiger partial charge < -0.3 is 10.1 Å². The first-order chi connectivity index (χ1) is 9.72. The zero-order valence-corrected chi connectivity index (χ0v) is 13.7. The molecule has 3 nitrogen and oxygen atoms in total. The first-order valence-electron chi connectivity index (χ1n) is 7.41. The zero-order chi connectivity index (χ0) is 14.4. The molecule has 0 aromatic carbocycles. The molecule has 0 spiro atoms. The number of thiophene rings is 1. The van der Waals surface area contributed by atoms with Crippen molar-refractivity contribution in [3.05, 3.63) is 33.0 Å². The number of hydrogen-bond donors (Lipinski definition) is 1. The van der Waals surface area contributed by atoms with Crippen molar-refractivity contribution in [2.45, 2.75) is 33.4 Å². The van der Waals surface area contributed by atoms with Crippen LogP contribution in [0.2, 0.25) is 0 Å². The van der Waals surface area contributed by atoms with Crippen LogP contribution in [0, 0.1) is 6.92 Å². The van der Waals surface area contributed by atoms with Crippen molar-refractivity contribution in [3.63, 3.8) is 0 Å². The molecular formula is C16H26N2OS. The number of methoxy groups -OCH3 is 1. The summed E-state index contributed by atoms with van der Waals surface area (Å²) in [6, 6.07) is 2.37. The van der Waals surface area contributed by atoms with Gasteiger partial charge in [0.2, 0.25) is 0 Å². The van der Waals surface area contributed by atoms with Crippen LogP contribution in [0.15, 0.2) is 17.7 Å². The lowest BCUT2D eigenvalue weighted by Crippen LogP contribution is -2.29. The molecule has 0 aliphatic carbocycles. The smallest absolute Gasteiger partial charge is 0.0673 e. The molecule has 0 atom stereocenters. The van der Waals surface area contributed by atoms with Crippen LogP contribution in [0.5, 0.6) is 0 Å². The molecule has 2 rings (SSSR count). The van der Waals surface area contributed by atoms with Crippen LogP contribution in [0.3, 0.4) is 0 Å². The van der Waals surface area contributed by atoms with Gasteiger partial charge in [-0.25, -0.2) is 0 Å². The fourth-order valence-corrected chi connectivity index (χ4v) is 3.56. The molecule has 1 aliphatic rings. The van der Waals surface area contributed by atoms with Crippen LogP contribution in [-0.2, 0) is 17.8 Å². The fourth-order valence-electron chi connectivity index (χ4n) is 2.53. The van der Waals surface area contributed by atoms with E-state index in [0.717, 1.165) is 45.8 Å². The van der Waals surface area contributed by atoms with Gasteiger partial charge in [0.1, 0.15) is 0 Å². The molecule has 1 aromatic rings. The fraction of sp³-hybridized carbons (Fsp3) is 0.625. The summed E-state index contributed by atoms with van der Waals surface area (Å²) in [5.74, 6) is 0. The van der Waals surface area contributed by atoms with Crippen molar-refractivity contribution in [2.75, 3.05) is 33.4 Å². The molecule has 0 unspecified atom stereocenters. The second-order valence-corrected chi connectivity index (χ2v) is 6.70. The first-order valence-corrected chi connectivity index (χ1v) is 8.22. The Morgan fingerprint density at radius 2 is 2.30 bits per heavy atom. The molecule has 0 saturated heterocycles. The van der Waals surface area contributed by atoms with Gasteiger partial charge in [-0.2, -0.15) is 0 Å². The van der Waals surface area contributed by atoms with Crippen LogP contribution < -0.4 is 5.32 Å². The van der Waals surface area contributed by atoms with Crippen molar-refractivity contribution in [3.8, 4) is 0 Å².